The molecule has 1 atom stereocenters. The van der Waals surface area contributed by atoms with Gasteiger partial charge in [0.2, 0.25) is 10.0 Å². The zero-order chi connectivity index (χ0) is 12.9. The number of sulfonamides is 1. The van der Waals surface area contributed by atoms with E-state index in [4.69, 9.17) is 0 Å². The maximum absolute atomic E-state index is 12.2. The van der Waals surface area contributed by atoms with Crippen LogP contribution in [0.3, 0.4) is 0 Å². The van der Waals surface area contributed by atoms with Crippen molar-refractivity contribution >= 4 is 15.9 Å². The van der Waals surface area contributed by atoms with Gasteiger partial charge in [0, 0.05) is 24.2 Å². The molecule has 0 aromatic heterocycles. The van der Waals surface area contributed by atoms with E-state index >= 15 is 0 Å². The normalized spacial score (nSPS) is 23.9. The summed E-state index contributed by atoms with van der Waals surface area (Å²) in [6.45, 7) is 1.09. The lowest BCUT2D eigenvalue weighted by Crippen LogP contribution is -2.48. The number of nitrogens with zero attached hydrogens (tertiary/aromatic N) is 2. The Kier molecular flexibility index (Phi) is 2.46. The first-order valence-corrected chi connectivity index (χ1v) is 7.72. The number of carbonyl (C=O) groups excluding carboxylic acids is 1. The van der Waals surface area contributed by atoms with Gasteiger partial charge in [0.1, 0.15) is 6.17 Å². The van der Waals surface area contributed by atoms with Crippen LogP contribution in [0.2, 0.25) is 0 Å². The van der Waals surface area contributed by atoms with Crippen LogP contribution >= 0.6 is 0 Å². The molecule has 2 aliphatic rings. The molecule has 1 fully saturated rings. The highest BCUT2D eigenvalue weighted by Crippen LogP contribution is 2.39. The molecule has 1 amide bonds. The summed E-state index contributed by atoms with van der Waals surface area (Å²) in [6.07, 6.45) is 1.43. The summed E-state index contributed by atoms with van der Waals surface area (Å²) in [6, 6.07) is 7.24. The fourth-order valence-electron chi connectivity index (χ4n) is 2.75. The first kappa shape index (κ1) is 11.7. The second kappa shape index (κ2) is 3.80. The van der Waals surface area contributed by atoms with Gasteiger partial charge < -0.3 is 4.90 Å². The third kappa shape index (κ3) is 1.56. The van der Waals surface area contributed by atoms with Gasteiger partial charge in [-0.15, -0.1) is 0 Å². The summed E-state index contributed by atoms with van der Waals surface area (Å²) in [5, 5.41) is 0. The van der Waals surface area contributed by atoms with E-state index in [9.17, 15) is 13.2 Å². The molecule has 3 rings (SSSR count). The molecule has 2 heterocycles. The van der Waals surface area contributed by atoms with E-state index in [0.29, 0.717) is 25.1 Å². The molecular formula is C12H14N2O3S. The topological polar surface area (TPSA) is 57.7 Å². The molecule has 1 aromatic rings. The summed E-state index contributed by atoms with van der Waals surface area (Å²) >= 11 is 0. The molecule has 96 valence electrons. The fourth-order valence-corrected chi connectivity index (χ4v) is 3.80. The molecule has 5 nitrogen and oxygen atoms in total. The lowest BCUT2D eigenvalue weighted by Gasteiger charge is -2.38. The summed E-state index contributed by atoms with van der Waals surface area (Å²) in [5.74, 6) is -0.0658. The van der Waals surface area contributed by atoms with E-state index in [0.717, 1.165) is 5.56 Å². The van der Waals surface area contributed by atoms with Crippen molar-refractivity contribution in [2.75, 3.05) is 19.3 Å². The van der Waals surface area contributed by atoms with Crippen LogP contribution in [0.5, 0.6) is 0 Å². The zero-order valence-electron chi connectivity index (χ0n) is 10.0. The highest BCUT2D eigenvalue weighted by Gasteiger charge is 2.44. The van der Waals surface area contributed by atoms with Crippen LogP contribution in [-0.2, 0) is 10.0 Å². The third-order valence-electron chi connectivity index (χ3n) is 3.50. The maximum atomic E-state index is 12.2. The van der Waals surface area contributed by atoms with Crippen molar-refractivity contribution in [1.29, 1.82) is 0 Å². The second-order valence-corrected chi connectivity index (χ2v) is 6.62. The Labute approximate surface area is 106 Å². The van der Waals surface area contributed by atoms with E-state index in [2.05, 4.69) is 0 Å². The van der Waals surface area contributed by atoms with Gasteiger partial charge in [-0.3, -0.25) is 4.79 Å². The third-order valence-corrected chi connectivity index (χ3v) is 4.74. The Morgan fingerprint density at radius 3 is 2.67 bits per heavy atom. The van der Waals surface area contributed by atoms with Gasteiger partial charge in [0.05, 0.1) is 6.26 Å². The minimum absolute atomic E-state index is 0.0658. The number of carbonyl (C=O) groups is 1. The van der Waals surface area contributed by atoms with Crippen molar-refractivity contribution < 1.29 is 13.2 Å². The number of rotatable bonds is 1. The number of hydrogen-bond donors (Lipinski definition) is 0. The number of amides is 1. The molecule has 0 radical (unpaired) electrons. The zero-order valence-corrected chi connectivity index (χ0v) is 10.9. The van der Waals surface area contributed by atoms with Gasteiger partial charge in [-0.2, -0.15) is 4.31 Å². The monoisotopic (exact) mass is 266 g/mol. The molecule has 0 bridgehead atoms. The van der Waals surface area contributed by atoms with Gasteiger partial charge in [-0.05, 0) is 12.5 Å². The quantitative estimate of drug-likeness (QED) is 0.755. The number of benzene rings is 1. The van der Waals surface area contributed by atoms with Crippen molar-refractivity contribution in [2.24, 2.45) is 0 Å². The highest BCUT2D eigenvalue weighted by molar-refractivity contribution is 7.88. The minimum atomic E-state index is -3.31. The molecule has 0 aliphatic carbocycles. The van der Waals surface area contributed by atoms with E-state index in [1.807, 2.05) is 12.1 Å². The maximum Gasteiger partial charge on any atom is 0.255 e. The lowest BCUT2D eigenvalue weighted by molar-refractivity contribution is 0.0472. The highest BCUT2D eigenvalue weighted by atomic mass is 32.2. The number of fused-ring (bicyclic) bond motifs is 3. The average Bonchev–Trinajstić information content (AvgIpc) is 2.63. The smallest absolute Gasteiger partial charge is 0.255 e. The molecule has 1 saturated heterocycles. The summed E-state index contributed by atoms with van der Waals surface area (Å²) < 4.78 is 25.1. The van der Waals surface area contributed by atoms with Gasteiger partial charge in [-0.25, -0.2) is 8.42 Å². The van der Waals surface area contributed by atoms with E-state index in [-0.39, 0.29) is 5.91 Å². The van der Waals surface area contributed by atoms with Gasteiger partial charge >= 0.3 is 0 Å². The molecule has 18 heavy (non-hydrogen) atoms. The fraction of sp³-hybridized carbons (Fsp3) is 0.417. The molecule has 1 unspecified atom stereocenters. The van der Waals surface area contributed by atoms with Gasteiger partial charge in [0.25, 0.3) is 5.91 Å². The van der Waals surface area contributed by atoms with Crippen molar-refractivity contribution in [3.63, 3.8) is 0 Å². The van der Waals surface area contributed by atoms with E-state index in [1.54, 1.807) is 17.0 Å². The molecule has 2 aliphatic heterocycles. The van der Waals surface area contributed by atoms with Crippen LogP contribution in [0.25, 0.3) is 0 Å². The van der Waals surface area contributed by atoms with Crippen LogP contribution in [0.1, 0.15) is 28.5 Å². The Bertz CT molecular complexity index is 612. The lowest BCUT2D eigenvalue weighted by atomic mass is 10.1. The molecule has 6 heteroatoms. The van der Waals surface area contributed by atoms with Crippen LogP contribution in [0.4, 0.5) is 0 Å². The SMILES string of the molecule is CS(=O)(=O)N1CCCN2C(=O)c3ccccc3C21. The van der Waals surface area contributed by atoms with E-state index < -0.39 is 16.2 Å². The number of hydrogen-bond acceptors (Lipinski definition) is 3. The van der Waals surface area contributed by atoms with E-state index in [1.165, 1.54) is 10.6 Å². The van der Waals surface area contributed by atoms with Crippen LogP contribution < -0.4 is 0 Å². The summed E-state index contributed by atoms with van der Waals surface area (Å²) in [7, 11) is -3.31. The van der Waals surface area contributed by atoms with Crippen LogP contribution in [-0.4, -0.2) is 42.9 Å². The molecule has 0 saturated carbocycles. The second-order valence-electron chi connectivity index (χ2n) is 4.69. The van der Waals surface area contributed by atoms with Crippen molar-refractivity contribution in [3.8, 4) is 0 Å². The molecule has 0 N–H and O–H groups in total. The molecule has 0 spiro atoms. The van der Waals surface area contributed by atoms with Crippen molar-refractivity contribution in [2.45, 2.75) is 12.6 Å². The summed E-state index contributed by atoms with van der Waals surface area (Å²) in [5.41, 5.74) is 1.42. The van der Waals surface area contributed by atoms with Gasteiger partial charge in [-0.1, -0.05) is 18.2 Å². The largest absolute Gasteiger partial charge is 0.318 e. The molecule has 1 aromatic carbocycles. The van der Waals surface area contributed by atoms with Crippen molar-refractivity contribution in [1.82, 2.24) is 9.21 Å². The van der Waals surface area contributed by atoms with Gasteiger partial charge in [0.15, 0.2) is 0 Å². The van der Waals surface area contributed by atoms with Crippen LogP contribution in [0.15, 0.2) is 24.3 Å². The Balaban J connectivity index is 2.15. The Hall–Kier alpha value is -1.40. The Morgan fingerprint density at radius 2 is 1.94 bits per heavy atom. The predicted octanol–water partition coefficient (Wildman–Crippen LogP) is 0.806. The van der Waals surface area contributed by atoms with Crippen molar-refractivity contribution in [3.05, 3.63) is 35.4 Å². The predicted molar refractivity (Wildman–Crippen MR) is 66.4 cm³/mol. The first-order chi connectivity index (χ1) is 8.50. The Morgan fingerprint density at radius 1 is 1.22 bits per heavy atom. The van der Waals surface area contributed by atoms with Crippen LogP contribution in [0, 0.1) is 0 Å². The average molecular weight is 266 g/mol. The minimum Gasteiger partial charge on any atom is -0.318 e. The molecular weight excluding hydrogens is 252 g/mol. The first-order valence-electron chi connectivity index (χ1n) is 5.87. The summed E-state index contributed by atoms with van der Waals surface area (Å²) in [4.78, 5) is 13.9. The standard InChI is InChI=1S/C12H14N2O3S/c1-18(16,17)14-8-4-7-13-11(14)9-5-2-3-6-10(9)12(13)15/h2-3,5-6,11H,4,7-8H2,1H3.